The van der Waals surface area contributed by atoms with Gasteiger partial charge in [0.05, 0.1) is 26.4 Å². The van der Waals surface area contributed by atoms with Crippen molar-refractivity contribution in [2.24, 2.45) is 0 Å². The normalized spacial score (nSPS) is 16.5. The van der Waals surface area contributed by atoms with E-state index in [4.69, 9.17) is 46.9 Å². The third kappa shape index (κ3) is 6.64. The summed E-state index contributed by atoms with van der Waals surface area (Å²) < 4.78 is 35.8. The van der Waals surface area contributed by atoms with Crippen LogP contribution in [0.4, 0.5) is 0 Å². The van der Waals surface area contributed by atoms with Crippen LogP contribution in [0.25, 0.3) is 22.3 Å². The number of halogens is 2. The highest BCUT2D eigenvalue weighted by Crippen LogP contribution is 2.47. The van der Waals surface area contributed by atoms with Crippen molar-refractivity contribution in [3.05, 3.63) is 130 Å². The lowest BCUT2D eigenvalue weighted by Crippen LogP contribution is -2.34. The quantitative estimate of drug-likeness (QED) is 0.140. The van der Waals surface area contributed by atoms with Crippen LogP contribution in [-0.4, -0.2) is 56.0 Å². The van der Waals surface area contributed by atoms with Gasteiger partial charge in [-0.2, -0.15) is 10.2 Å². The van der Waals surface area contributed by atoms with Crippen LogP contribution in [0.3, 0.4) is 0 Å². The van der Waals surface area contributed by atoms with Gasteiger partial charge >= 0.3 is 0 Å². The van der Waals surface area contributed by atoms with Crippen molar-refractivity contribution < 1.29 is 23.7 Å². The summed E-state index contributed by atoms with van der Waals surface area (Å²) in [7, 11) is 0. The molecule has 2 fully saturated rings. The smallest absolute Gasteiger partial charge is 0.216 e. The Morgan fingerprint density at radius 2 is 1.02 bits per heavy atom. The summed E-state index contributed by atoms with van der Waals surface area (Å²) in [5.74, 6) is -1.09. The van der Waals surface area contributed by atoms with Gasteiger partial charge in [0.15, 0.2) is 0 Å². The van der Waals surface area contributed by atoms with Crippen molar-refractivity contribution >= 4 is 23.2 Å². The molecular formula is C38H34Cl2N6O5. The largest absolute Gasteiger partial charge is 0.456 e. The molecule has 260 valence electrons. The van der Waals surface area contributed by atoms with E-state index in [2.05, 4.69) is 32.3 Å². The van der Waals surface area contributed by atoms with E-state index >= 15 is 0 Å². The molecule has 8 rings (SSSR count). The highest BCUT2D eigenvalue weighted by molar-refractivity contribution is 6.31. The minimum atomic E-state index is -1.11. The second kappa shape index (κ2) is 13.8. The van der Waals surface area contributed by atoms with Crippen LogP contribution >= 0.6 is 23.2 Å². The molecule has 6 aromatic rings. The molecule has 2 saturated heterocycles. The Balaban J connectivity index is 1.25. The zero-order valence-electron chi connectivity index (χ0n) is 28.0. The molecule has 4 aromatic carbocycles. The molecule has 0 radical (unpaired) electrons. The zero-order chi connectivity index (χ0) is 35.0. The number of rotatable bonds is 10. The van der Waals surface area contributed by atoms with E-state index in [1.165, 1.54) is 12.7 Å². The molecule has 0 atom stereocenters. The number of nitrogens with zero attached hydrogens (tertiary/aromatic N) is 6. The molecule has 0 aliphatic carbocycles. The zero-order valence-corrected chi connectivity index (χ0v) is 29.5. The van der Waals surface area contributed by atoms with Crippen molar-refractivity contribution in [2.45, 2.75) is 38.5 Å². The van der Waals surface area contributed by atoms with Crippen LogP contribution in [-0.2, 0) is 43.6 Å². The first kappa shape index (κ1) is 33.5. The standard InChI is InChI=1S/C38H34Cl2N6O5/c1-25-3-7-29(33(15-25)37(47-11-12-48-37)19-45-23-41-21-43-45)31-17-27(39)5-9-35(31)51-36-10-6-28(40)18-32(36)30-8-4-26(2)16-34(30)38(49-13-14-50-38)20-46-24-42-22-44-46/h3-10,15-18,21-24H,11-14,19-20H2,1-2H3. The van der Waals surface area contributed by atoms with Crippen LogP contribution in [0.1, 0.15) is 22.3 Å². The summed E-state index contributed by atoms with van der Waals surface area (Å²) in [6, 6.07) is 23.5. The van der Waals surface area contributed by atoms with Crippen LogP contribution in [0.5, 0.6) is 11.5 Å². The highest BCUT2D eigenvalue weighted by Gasteiger charge is 2.43. The SMILES string of the molecule is Cc1ccc(-c2cc(Cl)ccc2Oc2ccc(Cl)cc2-c2ccc(C)cc2C2(Cn3cncn3)OCCO2)c(C2(Cn3cncn3)OCCO2)c1. The highest BCUT2D eigenvalue weighted by atomic mass is 35.5. The molecule has 0 N–H and O–H groups in total. The summed E-state index contributed by atoms with van der Waals surface area (Å²) in [6.45, 7) is 6.40. The Morgan fingerprint density at radius 3 is 1.41 bits per heavy atom. The van der Waals surface area contributed by atoms with Gasteiger partial charge in [-0.15, -0.1) is 0 Å². The molecule has 13 heteroatoms. The number of ether oxygens (including phenoxy) is 5. The minimum absolute atomic E-state index is 0.304. The van der Waals surface area contributed by atoms with Gasteiger partial charge < -0.3 is 23.7 Å². The molecule has 4 heterocycles. The average molecular weight is 726 g/mol. The number of aromatic nitrogens is 6. The van der Waals surface area contributed by atoms with Crippen LogP contribution in [0.15, 0.2) is 98.1 Å². The Labute approximate surface area is 304 Å². The molecular weight excluding hydrogens is 691 g/mol. The minimum Gasteiger partial charge on any atom is -0.456 e. The van der Waals surface area contributed by atoms with Gasteiger partial charge in [0.2, 0.25) is 11.6 Å². The Hall–Kier alpha value is -4.62. The molecule has 0 spiro atoms. The van der Waals surface area contributed by atoms with Gasteiger partial charge in [0.1, 0.15) is 49.9 Å². The average Bonchev–Trinajstić information content (AvgIpc) is 3.97. The first-order chi connectivity index (χ1) is 24.8. The summed E-state index contributed by atoms with van der Waals surface area (Å²) in [5.41, 5.74) is 6.92. The summed E-state index contributed by atoms with van der Waals surface area (Å²) in [5, 5.41) is 9.77. The maximum absolute atomic E-state index is 6.90. The Kier molecular flexibility index (Phi) is 9.09. The molecule has 0 bridgehead atoms. The van der Waals surface area contributed by atoms with Gasteiger partial charge in [-0.1, -0.05) is 70.7 Å². The van der Waals surface area contributed by atoms with E-state index in [-0.39, 0.29) is 0 Å². The van der Waals surface area contributed by atoms with Crippen molar-refractivity contribution in [3.8, 4) is 33.8 Å². The summed E-state index contributed by atoms with van der Waals surface area (Å²) in [4.78, 5) is 8.26. The fourth-order valence-corrected chi connectivity index (χ4v) is 7.11. The van der Waals surface area contributed by atoms with E-state index in [0.717, 1.165) is 44.5 Å². The molecule has 51 heavy (non-hydrogen) atoms. The second-order valence-electron chi connectivity index (χ2n) is 12.6. The molecule has 0 amide bonds. The van der Waals surface area contributed by atoms with Gasteiger partial charge in [0.25, 0.3) is 0 Å². The maximum atomic E-state index is 6.90. The number of hydrogen-bond donors (Lipinski definition) is 0. The molecule has 2 aliphatic heterocycles. The molecule has 0 unspecified atom stereocenters. The lowest BCUT2D eigenvalue weighted by Gasteiger charge is -2.31. The Morgan fingerprint density at radius 1 is 0.588 bits per heavy atom. The summed E-state index contributed by atoms with van der Waals surface area (Å²) in [6.07, 6.45) is 6.28. The lowest BCUT2D eigenvalue weighted by atomic mass is 9.91. The third-order valence-corrected chi connectivity index (χ3v) is 9.51. The van der Waals surface area contributed by atoms with Crippen molar-refractivity contribution in [1.82, 2.24) is 29.5 Å². The van der Waals surface area contributed by atoms with Crippen LogP contribution in [0, 0.1) is 13.8 Å². The van der Waals surface area contributed by atoms with E-state index in [1.54, 1.807) is 22.0 Å². The maximum Gasteiger partial charge on any atom is 0.216 e. The fourth-order valence-electron chi connectivity index (χ4n) is 6.77. The number of aryl methyl sites for hydroxylation is 2. The first-order valence-electron chi connectivity index (χ1n) is 16.5. The van der Waals surface area contributed by atoms with Gasteiger partial charge in [0, 0.05) is 32.3 Å². The Bertz CT molecular complexity index is 2010. The van der Waals surface area contributed by atoms with Gasteiger partial charge in [-0.05, 0) is 61.4 Å². The molecule has 2 aromatic heterocycles. The lowest BCUT2D eigenvalue weighted by molar-refractivity contribution is -0.177. The third-order valence-electron chi connectivity index (χ3n) is 9.04. The fraction of sp³-hybridized carbons (Fsp3) is 0.263. The van der Waals surface area contributed by atoms with Crippen LogP contribution < -0.4 is 4.74 Å². The predicted octanol–water partition coefficient (Wildman–Crippen LogP) is 7.72. The monoisotopic (exact) mass is 724 g/mol. The van der Waals surface area contributed by atoms with Gasteiger partial charge in [-0.25, -0.2) is 19.3 Å². The van der Waals surface area contributed by atoms with E-state index in [0.29, 0.717) is 61.1 Å². The van der Waals surface area contributed by atoms with Crippen molar-refractivity contribution in [3.63, 3.8) is 0 Å². The van der Waals surface area contributed by atoms with Crippen molar-refractivity contribution in [1.29, 1.82) is 0 Å². The van der Waals surface area contributed by atoms with Crippen LogP contribution in [0.2, 0.25) is 10.0 Å². The molecule has 2 aliphatic rings. The van der Waals surface area contributed by atoms with E-state index in [9.17, 15) is 0 Å². The molecule has 0 saturated carbocycles. The first-order valence-corrected chi connectivity index (χ1v) is 17.3. The topological polar surface area (TPSA) is 108 Å². The summed E-state index contributed by atoms with van der Waals surface area (Å²) >= 11 is 13.4. The van der Waals surface area contributed by atoms with Crippen molar-refractivity contribution in [2.75, 3.05) is 26.4 Å². The number of hydrogen-bond acceptors (Lipinski definition) is 9. The van der Waals surface area contributed by atoms with Gasteiger partial charge in [-0.3, -0.25) is 0 Å². The second-order valence-corrected chi connectivity index (χ2v) is 13.4. The van der Waals surface area contributed by atoms with E-state index < -0.39 is 11.6 Å². The predicted molar refractivity (Wildman–Crippen MR) is 191 cm³/mol. The molecule has 11 nitrogen and oxygen atoms in total. The van der Waals surface area contributed by atoms with E-state index in [1.807, 2.05) is 74.5 Å². The number of benzene rings is 4.